The van der Waals surface area contributed by atoms with E-state index in [0.29, 0.717) is 5.56 Å². The number of rotatable bonds is 2. The van der Waals surface area contributed by atoms with Gasteiger partial charge < -0.3 is 0 Å². The highest BCUT2D eigenvalue weighted by Crippen LogP contribution is 2.15. The molecule has 0 bridgehead atoms. The van der Waals surface area contributed by atoms with E-state index in [1.54, 1.807) is 12.1 Å². The molecular formula is C11H10N2. The predicted molar refractivity (Wildman–Crippen MR) is 54.4 cm³/mol. The molecule has 64 valence electrons. The van der Waals surface area contributed by atoms with Gasteiger partial charge in [-0.05, 0) is 31.3 Å². The third kappa shape index (κ3) is 2.03. The van der Waals surface area contributed by atoms with E-state index < -0.39 is 0 Å². The van der Waals surface area contributed by atoms with Gasteiger partial charge in [0.05, 0.1) is 17.3 Å². The summed E-state index contributed by atoms with van der Waals surface area (Å²) in [5.74, 6) is 0. The summed E-state index contributed by atoms with van der Waals surface area (Å²) in [7, 11) is 0. The highest BCUT2D eigenvalue weighted by molar-refractivity contribution is 5.67. The van der Waals surface area contributed by atoms with Crippen molar-refractivity contribution in [3.05, 3.63) is 41.5 Å². The maximum Gasteiger partial charge on any atom is 0.0991 e. The fraction of sp³-hybridized carbons (Fsp3) is 0.0909. The molecule has 0 radical (unpaired) electrons. The average Bonchev–Trinajstić information content (AvgIpc) is 2.21. The van der Waals surface area contributed by atoms with E-state index in [1.807, 2.05) is 25.1 Å². The van der Waals surface area contributed by atoms with Crippen molar-refractivity contribution in [2.75, 3.05) is 0 Å². The maximum absolute atomic E-state index is 8.58. The summed E-state index contributed by atoms with van der Waals surface area (Å²) in [5.41, 5.74) is 2.48. The van der Waals surface area contributed by atoms with Crippen molar-refractivity contribution in [1.29, 1.82) is 5.26 Å². The van der Waals surface area contributed by atoms with Crippen molar-refractivity contribution in [3.8, 4) is 6.07 Å². The van der Waals surface area contributed by atoms with E-state index in [4.69, 9.17) is 5.26 Å². The predicted octanol–water partition coefficient (Wildman–Crippen LogP) is 2.62. The fourth-order valence-electron chi connectivity index (χ4n) is 1.06. The molecule has 2 heteroatoms. The summed E-state index contributed by atoms with van der Waals surface area (Å²) in [6, 6.07) is 9.33. The van der Waals surface area contributed by atoms with E-state index in [1.165, 1.54) is 0 Å². The second-order valence-electron chi connectivity index (χ2n) is 2.52. The molecule has 0 spiro atoms. The zero-order valence-corrected chi connectivity index (χ0v) is 7.49. The molecule has 0 aliphatic carbocycles. The summed E-state index contributed by atoms with van der Waals surface area (Å²) in [6.07, 6.45) is 1.88. The number of benzene rings is 1. The first-order valence-corrected chi connectivity index (χ1v) is 3.95. The van der Waals surface area contributed by atoms with E-state index in [9.17, 15) is 0 Å². The number of aliphatic imine (C=N–C) groups is 1. The molecule has 0 fully saturated rings. The van der Waals surface area contributed by atoms with E-state index in [0.717, 1.165) is 11.3 Å². The van der Waals surface area contributed by atoms with Crippen LogP contribution in [0, 0.1) is 11.3 Å². The van der Waals surface area contributed by atoms with Gasteiger partial charge in [-0.25, -0.2) is 0 Å². The van der Waals surface area contributed by atoms with E-state index >= 15 is 0 Å². The zero-order chi connectivity index (χ0) is 9.68. The molecule has 1 aromatic carbocycles. The van der Waals surface area contributed by atoms with Crippen LogP contribution >= 0.6 is 0 Å². The molecular weight excluding hydrogens is 160 g/mol. The Balaban J connectivity index is 3.06. The first-order chi connectivity index (χ1) is 6.31. The standard InChI is InChI=1S/C11H10N2/c1-3-11(13-2)10-6-4-9(8-12)5-7-10/h3-7H,2H2,1H3/b11-3-. The monoisotopic (exact) mass is 170 g/mol. The quantitative estimate of drug-likeness (QED) is 0.628. The van der Waals surface area contributed by atoms with Gasteiger partial charge in [0.15, 0.2) is 0 Å². The summed E-state index contributed by atoms with van der Waals surface area (Å²) >= 11 is 0. The molecule has 13 heavy (non-hydrogen) atoms. The molecule has 0 aliphatic heterocycles. The molecule has 0 aromatic heterocycles. The normalized spacial score (nSPS) is 10.6. The fourth-order valence-corrected chi connectivity index (χ4v) is 1.06. The van der Waals surface area contributed by atoms with Gasteiger partial charge in [0, 0.05) is 0 Å². The molecule has 0 heterocycles. The average molecular weight is 170 g/mol. The lowest BCUT2D eigenvalue weighted by atomic mass is 10.1. The van der Waals surface area contributed by atoms with Crippen LogP contribution in [0.15, 0.2) is 35.3 Å². The van der Waals surface area contributed by atoms with Crippen molar-refractivity contribution < 1.29 is 0 Å². The molecule has 0 saturated heterocycles. The van der Waals surface area contributed by atoms with Gasteiger partial charge in [-0.15, -0.1) is 0 Å². The molecule has 0 atom stereocenters. The van der Waals surface area contributed by atoms with Gasteiger partial charge in [0.25, 0.3) is 0 Å². The number of hydrogen-bond acceptors (Lipinski definition) is 2. The third-order valence-electron chi connectivity index (χ3n) is 1.75. The van der Waals surface area contributed by atoms with Crippen LogP contribution in [-0.4, -0.2) is 6.72 Å². The highest BCUT2D eigenvalue weighted by atomic mass is 14.7. The SMILES string of the molecule is C=N/C(=C\C)c1ccc(C#N)cc1. The van der Waals surface area contributed by atoms with E-state index in [2.05, 4.69) is 17.8 Å². The van der Waals surface area contributed by atoms with Gasteiger partial charge in [0.2, 0.25) is 0 Å². The van der Waals surface area contributed by atoms with Crippen molar-refractivity contribution in [1.82, 2.24) is 0 Å². The lowest BCUT2D eigenvalue weighted by molar-refractivity contribution is 1.45. The Kier molecular flexibility index (Phi) is 2.99. The Morgan fingerprint density at radius 2 is 2.08 bits per heavy atom. The first kappa shape index (κ1) is 9.21. The van der Waals surface area contributed by atoms with Crippen LogP contribution in [0.5, 0.6) is 0 Å². The second kappa shape index (κ2) is 4.22. The minimum absolute atomic E-state index is 0.656. The molecule has 0 N–H and O–H groups in total. The van der Waals surface area contributed by atoms with Gasteiger partial charge >= 0.3 is 0 Å². The Hall–Kier alpha value is -1.88. The summed E-state index contributed by atoms with van der Waals surface area (Å²) in [6.45, 7) is 5.37. The van der Waals surface area contributed by atoms with E-state index in [-0.39, 0.29) is 0 Å². The number of nitriles is 1. The first-order valence-electron chi connectivity index (χ1n) is 3.95. The number of nitrogens with zero attached hydrogens (tertiary/aromatic N) is 2. The van der Waals surface area contributed by atoms with Gasteiger partial charge in [-0.3, -0.25) is 4.99 Å². The molecule has 0 amide bonds. The molecule has 0 saturated carbocycles. The summed E-state index contributed by atoms with van der Waals surface area (Å²) < 4.78 is 0. The van der Waals surface area contributed by atoms with Gasteiger partial charge in [0.1, 0.15) is 0 Å². The van der Waals surface area contributed by atoms with Crippen molar-refractivity contribution in [2.24, 2.45) is 4.99 Å². The van der Waals surface area contributed by atoms with Crippen molar-refractivity contribution in [3.63, 3.8) is 0 Å². The lowest BCUT2D eigenvalue weighted by Gasteiger charge is -1.99. The summed E-state index contributed by atoms with van der Waals surface area (Å²) in [5, 5.41) is 8.58. The molecule has 2 nitrogen and oxygen atoms in total. The van der Waals surface area contributed by atoms with Crippen LogP contribution in [-0.2, 0) is 0 Å². The number of allylic oxidation sites excluding steroid dienone is 1. The molecule has 1 rings (SSSR count). The minimum Gasteiger partial charge on any atom is -0.264 e. The Morgan fingerprint density at radius 1 is 1.46 bits per heavy atom. The number of hydrogen-bond donors (Lipinski definition) is 0. The van der Waals surface area contributed by atoms with Gasteiger partial charge in [-0.1, -0.05) is 18.2 Å². The van der Waals surface area contributed by atoms with Crippen LogP contribution in [0.2, 0.25) is 0 Å². The van der Waals surface area contributed by atoms with Crippen LogP contribution < -0.4 is 0 Å². The Labute approximate surface area is 77.9 Å². The van der Waals surface area contributed by atoms with Crippen LogP contribution in [0.25, 0.3) is 5.70 Å². The Morgan fingerprint density at radius 3 is 2.46 bits per heavy atom. The second-order valence-corrected chi connectivity index (χ2v) is 2.52. The third-order valence-corrected chi connectivity index (χ3v) is 1.75. The smallest absolute Gasteiger partial charge is 0.0991 e. The Bertz CT molecular complexity index is 366. The summed E-state index contributed by atoms with van der Waals surface area (Å²) in [4.78, 5) is 3.86. The van der Waals surface area contributed by atoms with Crippen molar-refractivity contribution in [2.45, 2.75) is 6.92 Å². The molecule has 1 aromatic rings. The lowest BCUT2D eigenvalue weighted by Crippen LogP contribution is -1.80. The topological polar surface area (TPSA) is 36.1 Å². The van der Waals surface area contributed by atoms with Crippen molar-refractivity contribution >= 4 is 12.4 Å². The van der Waals surface area contributed by atoms with Crippen LogP contribution in [0.3, 0.4) is 0 Å². The molecule has 0 aliphatic rings. The van der Waals surface area contributed by atoms with Crippen LogP contribution in [0.1, 0.15) is 18.1 Å². The maximum atomic E-state index is 8.58. The minimum atomic E-state index is 0.656. The largest absolute Gasteiger partial charge is 0.264 e. The van der Waals surface area contributed by atoms with Crippen LogP contribution in [0.4, 0.5) is 0 Å². The zero-order valence-electron chi connectivity index (χ0n) is 7.49. The van der Waals surface area contributed by atoms with Gasteiger partial charge in [-0.2, -0.15) is 5.26 Å². The highest BCUT2D eigenvalue weighted by Gasteiger charge is 1.96. The molecule has 0 unspecified atom stereocenters.